The third-order valence-electron chi connectivity index (χ3n) is 7.79. The molecule has 2 fully saturated rings. The van der Waals surface area contributed by atoms with Crippen LogP contribution in [0.2, 0.25) is 5.02 Å². The lowest BCUT2D eigenvalue weighted by Crippen LogP contribution is -2.57. The van der Waals surface area contributed by atoms with Crippen LogP contribution in [0.3, 0.4) is 0 Å². The number of aliphatic hydroxyl groups is 2. The fourth-order valence-corrected chi connectivity index (χ4v) is 5.62. The van der Waals surface area contributed by atoms with Crippen LogP contribution in [0.5, 0.6) is 5.75 Å². The Morgan fingerprint density at radius 3 is 2.52 bits per heavy atom. The molecule has 0 spiro atoms. The van der Waals surface area contributed by atoms with Gasteiger partial charge in [0.2, 0.25) is 5.91 Å². The van der Waals surface area contributed by atoms with Gasteiger partial charge in [-0.3, -0.25) is 4.79 Å². The first-order valence-corrected chi connectivity index (χ1v) is 14.6. The quantitative estimate of drug-likeness (QED) is 0.225. The van der Waals surface area contributed by atoms with Crippen LogP contribution in [-0.4, -0.2) is 102 Å². The molecule has 3 heterocycles. The summed E-state index contributed by atoms with van der Waals surface area (Å²) in [4.78, 5) is 26.7. The van der Waals surface area contributed by atoms with Crippen molar-refractivity contribution >= 4 is 34.6 Å². The molecule has 2 aliphatic rings. The van der Waals surface area contributed by atoms with E-state index in [1.54, 1.807) is 39.3 Å². The van der Waals surface area contributed by atoms with Crippen molar-refractivity contribution < 1.29 is 24.5 Å². The number of nitrogens with one attached hydrogen (secondary N) is 2. The molecule has 0 aliphatic carbocycles. The highest BCUT2D eigenvalue weighted by Crippen LogP contribution is 2.36. The molecule has 2 saturated heterocycles. The van der Waals surface area contributed by atoms with E-state index in [-0.39, 0.29) is 36.0 Å². The Balaban J connectivity index is 1.66. The number of ether oxygens (including phenoxy) is 2. The Morgan fingerprint density at radius 1 is 1.24 bits per heavy atom. The fourth-order valence-electron chi connectivity index (χ4n) is 5.41. The first kappa shape index (κ1) is 31.7. The highest BCUT2D eigenvalue weighted by Gasteiger charge is 2.36. The molecule has 4 rings (SSSR count). The summed E-state index contributed by atoms with van der Waals surface area (Å²) in [7, 11) is 3.42. The van der Waals surface area contributed by atoms with Gasteiger partial charge in [-0.15, -0.1) is 0 Å². The largest absolute Gasteiger partial charge is 0.512 e. The van der Waals surface area contributed by atoms with Crippen LogP contribution in [0.25, 0.3) is 17.0 Å². The molecule has 4 N–H and O–H groups in total. The van der Waals surface area contributed by atoms with Gasteiger partial charge in [-0.2, -0.15) is 0 Å². The Hall–Kier alpha value is -3.25. The van der Waals surface area contributed by atoms with Crippen molar-refractivity contribution in [2.24, 2.45) is 5.92 Å². The number of amides is 1. The lowest BCUT2D eigenvalue weighted by Gasteiger charge is -2.42. The molecule has 0 saturated carbocycles. The summed E-state index contributed by atoms with van der Waals surface area (Å²) in [5.41, 5.74) is 2.19. The molecule has 1 atom stereocenters. The standard InChI is InChI=1S/C30H41ClN6O5/c1-17-27(26(18(2)32)19(3)38)34-28(24-12-22(6-7-25(24)31)42-16-21(39)13-33-4)35-29(17)36-10-8-20(9-11-36)30(40)37-14-23(15-37)41-5/h6-7,12,20-21,23,32-33,38-39H,8-11,13-16H2,1-5H3/b26-19+,32-18?/t21-/m1/s1. The zero-order chi connectivity index (χ0) is 30.6. The number of allylic oxidation sites excluding steroid dienone is 2. The van der Waals surface area contributed by atoms with Crippen LogP contribution < -0.4 is 15.0 Å². The summed E-state index contributed by atoms with van der Waals surface area (Å²) in [5, 5.41) is 32.3. The third kappa shape index (κ3) is 7.03. The van der Waals surface area contributed by atoms with E-state index < -0.39 is 6.10 Å². The molecular formula is C30H41ClN6O5. The van der Waals surface area contributed by atoms with Crippen LogP contribution in [0.15, 0.2) is 24.0 Å². The van der Waals surface area contributed by atoms with Gasteiger partial charge in [0.05, 0.1) is 22.4 Å². The SMILES string of the molecule is CNC[C@@H](O)COc1ccc(Cl)c(-c2nc(/C(C(C)=N)=C(\C)O)c(C)c(N3CCC(C(=O)N4CC(OC)C4)CC3)n2)c1. The first-order valence-electron chi connectivity index (χ1n) is 14.2. The summed E-state index contributed by atoms with van der Waals surface area (Å²) in [5.74, 6) is 1.58. The number of methoxy groups -OCH3 is 1. The highest BCUT2D eigenvalue weighted by atomic mass is 35.5. The van der Waals surface area contributed by atoms with Crippen LogP contribution in [-0.2, 0) is 9.53 Å². The second kappa shape index (κ2) is 13.8. The van der Waals surface area contributed by atoms with E-state index >= 15 is 0 Å². The van der Waals surface area contributed by atoms with Gasteiger partial charge in [0.25, 0.3) is 0 Å². The molecule has 1 aromatic heterocycles. The number of piperidine rings is 1. The van der Waals surface area contributed by atoms with E-state index in [0.717, 1.165) is 5.56 Å². The van der Waals surface area contributed by atoms with Gasteiger partial charge in [0.15, 0.2) is 5.82 Å². The minimum Gasteiger partial charge on any atom is -0.512 e. The van der Waals surface area contributed by atoms with Crippen LogP contribution in [0.4, 0.5) is 5.82 Å². The number of carbonyl (C=O) groups excluding carboxylic acids is 1. The number of hydrogen-bond acceptors (Lipinski definition) is 10. The van der Waals surface area contributed by atoms with E-state index in [2.05, 4.69) is 10.2 Å². The lowest BCUT2D eigenvalue weighted by atomic mass is 9.93. The van der Waals surface area contributed by atoms with Crippen molar-refractivity contribution in [3.8, 4) is 17.1 Å². The van der Waals surface area contributed by atoms with Crippen molar-refractivity contribution in [3.05, 3.63) is 40.2 Å². The predicted molar refractivity (Wildman–Crippen MR) is 164 cm³/mol. The Kier molecular flexibility index (Phi) is 10.4. The summed E-state index contributed by atoms with van der Waals surface area (Å²) in [6.45, 7) is 8.03. The second-order valence-electron chi connectivity index (χ2n) is 11.0. The predicted octanol–water partition coefficient (Wildman–Crippen LogP) is 3.47. The molecule has 1 amide bonds. The molecular weight excluding hydrogens is 560 g/mol. The maximum Gasteiger partial charge on any atom is 0.225 e. The molecule has 2 aromatic rings. The number of aromatic nitrogens is 2. The Labute approximate surface area is 252 Å². The average molecular weight is 601 g/mol. The van der Waals surface area contributed by atoms with Gasteiger partial charge < -0.3 is 40.2 Å². The van der Waals surface area contributed by atoms with E-state index in [0.29, 0.717) is 84.8 Å². The molecule has 0 unspecified atom stereocenters. The van der Waals surface area contributed by atoms with Crippen molar-refractivity contribution in [2.75, 3.05) is 58.4 Å². The molecule has 42 heavy (non-hydrogen) atoms. The smallest absolute Gasteiger partial charge is 0.225 e. The van der Waals surface area contributed by atoms with E-state index in [1.807, 2.05) is 11.8 Å². The number of carbonyl (C=O) groups is 1. The van der Waals surface area contributed by atoms with E-state index in [4.69, 9.17) is 36.5 Å². The topological polar surface area (TPSA) is 144 Å². The van der Waals surface area contributed by atoms with Gasteiger partial charge in [0, 0.05) is 62.6 Å². The summed E-state index contributed by atoms with van der Waals surface area (Å²) < 4.78 is 11.1. The summed E-state index contributed by atoms with van der Waals surface area (Å²) in [6, 6.07) is 5.13. The molecule has 228 valence electrons. The number of anilines is 1. The van der Waals surface area contributed by atoms with E-state index in [9.17, 15) is 15.0 Å². The van der Waals surface area contributed by atoms with Crippen molar-refractivity contribution in [1.82, 2.24) is 20.2 Å². The zero-order valence-electron chi connectivity index (χ0n) is 24.9. The molecule has 0 bridgehead atoms. The Morgan fingerprint density at radius 2 is 1.93 bits per heavy atom. The minimum atomic E-state index is -0.684. The Bertz CT molecular complexity index is 1330. The number of likely N-dealkylation sites (N-methyl/N-ethyl adjacent to an activating group) is 1. The van der Waals surface area contributed by atoms with Gasteiger partial charge in [-0.05, 0) is 58.9 Å². The number of nitrogens with zero attached hydrogens (tertiary/aromatic N) is 4. The second-order valence-corrected chi connectivity index (χ2v) is 11.4. The van der Waals surface area contributed by atoms with Crippen LogP contribution in [0, 0.1) is 18.3 Å². The normalized spacial score (nSPS) is 17.5. The molecule has 1 aromatic carbocycles. The maximum atomic E-state index is 13.0. The van der Waals surface area contributed by atoms with Crippen molar-refractivity contribution in [3.63, 3.8) is 0 Å². The number of hydrogen-bond donors (Lipinski definition) is 4. The number of benzene rings is 1. The summed E-state index contributed by atoms with van der Waals surface area (Å²) >= 11 is 6.64. The highest BCUT2D eigenvalue weighted by molar-refractivity contribution is 6.33. The zero-order valence-corrected chi connectivity index (χ0v) is 25.7. The van der Waals surface area contributed by atoms with Crippen molar-refractivity contribution in [2.45, 2.75) is 45.8 Å². The molecule has 11 nitrogen and oxygen atoms in total. The monoisotopic (exact) mass is 600 g/mol. The average Bonchev–Trinajstić information content (AvgIpc) is 2.93. The van der Waals surface area contributed by atoms with Crippen molar-refractivity contribution in [1.29, 1.82) is 5.41 Å². The summed E-state index contributed by atoms with van der Waals surface area (Å²) in [6.07, 6.45) is 0.811. The number of halogens is 1. The fraction of sp³-hybridized carbons (Fsp3) is 0.533. The third-order valence-corrected chi connectivity index (χ3v) is 8.12. The van der Waals surface area contributed by atoms with Crippen LogP contribution >= 0.6 is 11.6 Å². The van der Waals surface area contributed by atoms with E-state index in [1.165, 1.54) is 6.92 Å². The van der Waals surface area contributed by atoms with Crippen LogP contribution in [0.1, 0.15) is 37.9 Å². The number of rotatable bonds is 11. The maximum absolute atomic E-state index is 13.0. The van der Waals surface area contributed by atoms with Gasteiger partial charge in [-0.1, -0.05) is 11.6 Å². The lowest BCUT2D eigenvalue weighted by molar-refractivity contribution is -0.148. The molecule has 0 radical (unpaired) electrons. The van der Waals surface area contributed by atoms with Gasteiger partial charge in [0.1, 0.15) is 30.0 Å². The minimum absolute atomic E-state index is 0.0175. The first-order chi connectivity index (χ1) is 20.0. The number of aliphatic hydroxyl groups excluding tert-OH is 2. The molecule has 12 heteroatoms. The number of likely N-dealkylation sites (tertiary alicyclic amines) is 1. The van der Waals surface area contributed by atoms with Gasteiger partial charge in [-0.25, -0.2) is 9.97 Å². The van der Waals surface area contributed by atoms with Gasteiger partial charge >= 0.3 is 0 Å². The molecule has 2 aliphatic heterocycles.